The van der Waals surface area contributed by atoms with Gasteiger partial charge < -0.3 is 15.4 Å². The van der Waals surface area contributed by atoms with E-state index in [0.29, 0.717) is 31.0 Å². The van der Waals surface area contributed by atoms with Gasteiger partial charge >= 0.3 is 0 Å². The summed E-state index contributed by atoms with van der Waals surface area (Å²) >= 11 is 0. The van der Waals surface area contributed by atoms with Crippen LogP contribution in [0.3, 0.4) is 0 Å². The first kappa shape index (κ1) is 16.4. The maximum absolute atomic E-state index is 11.5. The average Bonchev–Trinajstić information content (AvgIpc) is 2.26. The minimum Gasteiger partial charge on any atom is -0.383 e. The molecule has 19 heavy (non-hydrogen) atoms. The minimum absolute atomic E-state index is 0.104. The first-order valence-corrected chi connectivity index (χ1v) is 7.42. The quantitative estimate of drug-likeness (QED) is 0.695. The van der Waals surface area contributed by atoms with Crippen LogP contribution in [0, 0.1) is 11.3 Å². The summed E-state index contributed by atoms with van der Waals surface area (Å²) in [5, 5.41) is 6.38. The van der Waals surface area contributed by atoms with Crippen LogP contribution in [0.4, 0.5) is 0 Å². The van der Waals surface area contributed by atoms with E-state index in [-0.39, 0.29) is 5.91 Å². The second-order valence-corrected chi connectivity index (χ2v) is 6.66. The second-order valence-electron chi connectivity index (χ2n) is 6.66. The summed E-state index contributed by atoms with van der Waals surface area (Å²) < 4.78 is 4.90. The lowest BCUT2D eigenvalue weighted by molar-refractivity contribution is -0.121. The van der Waals surface area contributed by atoms with Crippen LogP contribution in [0.25, 0.3) is 0 Å². The van der Waals surface area contributed by atoms with Crippen molar-refractivity contribution >= 4 is 5.91 Å². The average molecular weight is 270 g/mol. The summed E-state index contributed by atoms with van der Waals surface area (Å²) in [6.07, 6.45) is 4.30. The SMILES string of the molecule is COCCNC(=O)CCNC1CC(C)CC(C)(C)C1. The predicted octanol–water partition coefficient (Wildman–Crippen LogP) is 1.94. The van der Waals surface area contributed by atoms with Gasteiger partial charge in [0, 0.05) is 32.7 Å². The van der Waals surface area contributed by atoms with Crippen LogP contribution in [0.5, 0.6) is 0 Å². The van der Waals surface area contributed by atoms with Crippen LogP contribution in [0.1, 0.15) is 46.5 Å². The molecule has 2 unspecified atom stereocenters. The Hall–Kier alpha value is -0.610. The Morgan fingerprint density at radius 1 is 1.32 bits per heavy atom. The number of nitrogens with one attached hydrogen (secondary N) is 2. The molecule has 1 rings (SSSR count). The number of hydrogen-bond donors (Lipinski definition) is 2. The molecule has 0 radical (unpaired) electrons. The molecule has 1 amide bonds. The van der Waals surface area contributed by atoms with Crippen LogP contribution in [0.2, 0.25) is 0 Å². The number of carbonyl (C=O) groups is 1. The van der Waals surface area contributed by atoms with Gasteiger partial charge in [0.25, 0.3) is 0 Å². The molecule has 0 bridgehead atoms. The van der Waals surface area contributed by atoms with Crippen LogP contribution >= 0.6 is 0 Å². The molecular weight excluding hydrogens is 240 g/mol. The van der Waals surface area contributed by atoms with Gasteiger partial charge in [0.15, 0.2) is 0 Å². The molecule has 4 nitrogen and oxygen atoms in total. The summed E-state index contributed by atoms with van der Waals surface area (Å²) in [4.78, 5) is 11.5. The number of carbonyl (C=O) groups excluding carboxylic acids is 1. The zero-order chi connectivity index (χ0) is 14.3. The van der Waals surface area contributed by atoms with Crippen molar-refractivity contribution in [1.29, 1.82) is 0 Å². The van der Waals surface area contributed by atoms with E-state index < -0.39 is 0 Å². The Balaban J connectivity index is 2.16. The van der Waals surface area contributed by atoms with Gasteiger partial charge in [-0.2, -0.15) is 0 Å². The summed E-state index contributed by atoms with van der Waals surface area (Å²) in [5.74, 6) is 0.879. The van der Waals surface area contributed by atoms with Gasteiger partial charge in [-0.3, -0.25) is 4.79 Å². The number of rotatable bonds is 7. The molecule has 1 aliphatic rings. The smallest absolute Gasteiger partial charge is 0.221 e. The van der Waals surface area contributed by atoms with Crippen molar-refractivity contribution in [3.05, 3.63) is 0 Å². The van der Waals surface area contributed by atoms with Crippen molar-refractivity contribution in [1.82, 2.24) is 10.6 Å². The van der Waals surface area contributed by atoms with Gasteiger partial charge in [0.05, 0.1) is 6.61 Å². The lowest BCUT2D eigenvalue weighted by Crippen LogP contribution is -2.41. The molecule has 1 fully saturated rings. The third-order valence-electron chi connectivity index (χ3n) is 3.80. The van der Waals surface area contributed by atoms with Crippen molar-refractivity contribution in [3.63, 3.8) is 0 Å². The third-order valence-corrected chi connectivity index (χ3v) is 3.80. The van der Waals surface area contributed by atoms with Gasteiger partial charge in [-0.25, -0.2) is 0 Å². The highest BCUT2D eigenvalue weighted by Gasteiger charge is 2.31. The van der Waals surface area contributed by atoms with Crippen LogP contribution < -0.4 is 10.6 Å². The summed E-state index contributed by atoms with van der Waals surface area (Å²) in [6, 6.07) is 0.561. The normalized spacial score (nSPS) is 26.1. The molecule has 2 N–H and O–H groups in total. The molecule has 0 aromatic carbocycles. The van der Waals surface area contributed by atoms with E-state index in [0.717, 1.165) is 12.5 Å². The fourth-order valence-electron chi connectivity index (χ4n) is 3.27. The van der Waals surface area contributed by atoms with Gasteiger partial charge in [-0.05, 0) is 30.6 Å². The largest absolute Gasteiger partial charge is 0.383 e. The Morgan fingerprint density at radius 3 is 2.68 bits per heavy atom. The second kappa shape index (κ2) is 7.85. The third kappa shape index (κ3) is 6.92. The van der Waals surface area contributed by atoms with Crippen molar-refractivity contribution in [2.45, 2.75) is 52.5 Å². The van der Waals surface area contributed by atoms with E-state index in [1.54, 1.807) is 7.11 Å². The van der Waals surface area contributed by atoms with E-state index >= 15 is 0 Å². The lowest BCUT2D eigenvalue weighted by atomic mass is 9.70. The van der Waals surface area contributed by atoms with E-state index in [2.05, 4.69) is 31.4 Å². The monoisotopic (exact) mass is 270 g/mol. The highest BCUT2D eigenvalue weighted by atomic mass is 16.5. The van der Waals surface area contributed by atoms with Crippen molar-refractivity contribution in [3.8, 4) is 0 Å². The fraction of sp³-hybridized carbons (Fsp3) is 0.933. The maximum atomic E-state index is 11.5. The first-order valence-electron chi connectivity index (χ1n) is 7.42. The molecule has 0 aromatic heterocycles. The zero-order valence-corrected chi connectivity index (χ0v) is 12.9. The molecule has 4 heteroatoms. The Bertz CT molecular complexity index is 279. The van der Waals surface area contributed by atoms with E-state index in [4.69, 9.17) is 4.74 Å². The highest BCUT2D eigenvalue weighted by Crippen LogP contribution is 2.38. The van der Waals surface area contributed by atoms with Gasteiger partial charge in [-0.15, -0.1) is 0 Å². The fourth-order valence-corrected chi connectivity index (χ4v) is 3.27. The molecule has 1 saturated carbocycles. The highest BCUT2D eigenvalue weighted by molar-refractivity contribution is 5.76. The topological polar surface area (TPSA) is 50.4 Å². The number of ether oxygens (including phenoxy) is 1. The van der Waals surface area contributed by atoms with Gasteiger partial charge in [-0.1, -0.05) is 20.8 Å². The molecule has 0 aliphatic heterocycles. The van der Waals surface area contributed by atoms with Crippen LogP contribution in [-0.4, -0.2) is 38.8 Å². The number of methoxy groups -OCH3 is 1. The van der Waals surface area contributed by atoms with Gasteiger partial charge in [0.2, 0.25) is 5.91 Å². The van der Waals surface area contributed by atoms with Crippen LogP contribution in [-0.2, 0) is 9.53 Å². The Morgan fingerprint density at radius 2 is 2.05 bits per heavy atom. The molecule has 0 aromatic rings. The zero-order valence-electron chi connectivity index (χ0n) is 12.9. The number of amides is 1. The molecule has 1 aliphatic carbocycles. The molecule has 2 atom stereocenters. The minimum atomic E-state index is 0.104. The number of hydrogen-bond acceptors (Lipinski definition) is 3. The first-order chi connectivity index (χ1) is 8.93. The van der Waals surface area contributed by atoms with Crippen molar-refractivity contribution < 1.29 is 9.53 Å². The summed E-state index contributed by atoms with van der Waals surface area (Å²) in [5.41, 5.74) is 0.427. The van der Waals surface area contributed by atoms with E-state index in [9.17, 15) is 4.79 Å². The molecule has 0 saturated heterocycles. The lowest BCUT2D eigenvalue weighted by Gasteiger charge is -2.39. The molecule has 112 valence electrons. The standard InChI is InChI=1S/C15H30N2O2/c1-12-9-13(11-15(2,3)10-12)16-6-5-14(18)17-7-8-19-4/h12-13,16H,5-11H2,1-4H3,(H,17,18). The van der Waals surface area contributed by atoms with Crippen molar-refractivity contribution in [2.75, 3.05) is 26.8 Å². The molecular formula is C15H30N2O2. The summed E-state index contributed by atoms with van der Waals surface area (Å²) in [6.45, 7) is 8.96. The van der Waals surface area contributed by atoms with Crippen molar-refractivity contribution in [2.24, 2.45) is 11.3 Å². The van der Waals surface area contributed by atoms with E-state index in [1.165, 1.54) is 19.3 Å². The molecule has 0 spiro atoms. The van der Waals surface area contributed by atoms with Gasteiger partial charge in [0.1, 0.15) is 0 Å². The Labute approximate surface area is 117 Å². The maximum Gasteiger partial charge on any atom is 0.221 e. The van der Waals surface area contributed by atoms with Crippen LogP contribution in [0.15, 0.2) is 0 Å². The molecule has 0 heterocycles. The Kier molecular flexibility index (Phi) is 6.80. The predicted molar refractivity (Wildman–Crippen MR) is 78.1 cm³/mol. The summed E-state index contributed by atoms with van der Waals surface area (Å²) in [7, 11) is 1.64. The van der Waals surface area contributed by atoms with E-state index in [1.807, 2.05) is 0 Å².